The molecule has 36 heavy (non-hydrogen) atoms. The molecule has 9 heteroatoms. The predicted molar refractivity (Wildman–Crippen MR) is 136 cm³/mol. The highest BCUT2D eigenvalue weighted by Gasteiger charge is 2.43. The van der Waals surface area contributed by atoms with Gasteiger partial charge in [-0.3, -0.25) is 19.5 Å². The van der Waals surface area contributed by atoms with Gasteiger partial charge in [0.1, 0.15) is 23.2 Å². The smallest absolute Gasteiger partial charge is 0.322 e. The highest BCUT2D eigenvalue weighted by Crippen LogP contribution is 2.38. The minimum absolute atomic E-state index is 0.128. The molecule has 0 radical (unpaired) electrons. The normalized spacial score (nSPS) is 17.4. The molecule has 186 valence electrons. The number of halogens is 2. The molecule has 2 atom stereocenters. The van der Waals surface area contributed by atoms with E-state index in [0.717, 1.165) is 11.1 Å². The molecule has 2 aromatic heterocycles. The summed E-state index contributed by atoms with van der Waals surface area (Å²) in [6.45, 7) is 3.87. The molecule has 0 saturated heterocycles. The Balaban J connectivity index is 1.45. The van der Waals surface area contributed by atoms with E-state index in [1.807, 2.05) is 0 Å². The average Bonchev–Trinajstić information content (AvgIpc) is 3.11. The Morgan fingerprint density at radius 3 is 2.53 bits per heavy atom. The number of urea groups is 1. The molecule has 1 saturated carbocycles. The summed E-state index contributed by atoms with van der Waals surface area (Å²) < 4.78 is 14.4. The Hall–Kier alpha value is -3.65. The molecule has 2 amide bonds. The Morgan fingerprint density at radius 1 is 1.17 bits per heavy atom. The van der Waals surface area contributed by atoms with Gasteiger partial charge >= 0.3 is 6.03 Å². The maximum absolute atomic E-state index is 14.4. The van der Waals surface area contributed by atoms with E-state index < -0.39 is 17.7 Å². The van der Waals surface area contributed by atoms with Gasteiger partial charge in [0.2, 0.25) is 0 Å². The van der Waals surface area contributed by atoms with Crippen LogP contribution in [0.5, 0.6) is 0 Å². The molecule has 2 unspecified atom stereocenters. The number of benzene rings is 1. The van der Waals surface area contributed by atoms with Crippen LogP contribution in [0.3, 0.4) is 0 Å². The van der Waals surface area contributed by atoms with Crippen LogP contribution in [0.15, 0.2) is 48.8 Å². The first-order chi connectivity index (χ1) is 17.2. The van der Waals surface area contributed by atoms with Gasteiger partial charge in [-0.2, -0.15) is 0 Å². The van der Waals surface area contributed by atoms with E-state index in [0.29, 0.717) is 23.4 Å². The molecule has 1 fully saturated rings. The first-order valence-electron chi connectivity index (χ1n) is 11.6. The van der Waals surface area contributed by atoms with E-state index in [-0.39, 0.29) is 41.3 Å². The van der Waals surface area contributed by atoms with Crippen molar-refractivity contribution >= 4 is 35.0 Å². The number of carbonyl (C=O) groups excluding carboxylic acids is 3. The van der Waals surface area contributed by atoms with Crippen LogP contribution in [-0.2, 0) is 9.59 Å². The minimum Gasteiger partial charge on any atom is -0.338 e. The van der Waals surface area contributed by atoms with Gasteiger partial charge in [0, 0.05) is 43.9 Å². The lowest BCUT2D eigenvalue weighted by molar-refractivity contribution is -0.124. The summed E-state index contributed by atoms with van der Waals surface area (Å²) in [6.07, 6.45) is 3.46. The zero-order chi connectivity index (χ0) is 26.0. The number of Topliss-reactive ketones (excluding diaryl/α,β-unsaturated/α-hetero) is 2. The van der Waals surface area contributed by atoms with Crippen LogP contribution < -0.4 is 10.2 Å². The number of carbonyl (C=O) groups is 3. The van der Waals surface area contributed by atoms with Gasteiger partial charge in [0.25, 0.3) is 0 Å². The molecule has 0 bridgehead atoms. The van der Waals surface area contributed by atoms with Crippen LogP contribution in [0.2, 0.25) is 5.02 Å². The number of rotatable bonds is 6. The van der Waals surface area contributed by atoms with E-state index in [4.69, 9.17) is 11.6 Å². The number of hydrogen-bond acceptors (Lipinski definition) is 5. The second kappa shape index (κ2) is 10.5. The van der Waals surface area contributed by atoms with Crippen molar-refractivity contribution in [2.24, 2.45) is 5.92 Å². The van der Waals surface area contributed by atoms with Crippen LogP contribution in [0.4, 0.5) is 15.0 Å². The van der Waals surface area contributed by atoms with Crippen LogP contribution in [0.25, 0.3) is 11.3 Å². The Bertz CT molecular complexity index is 1310. The molecule has 1 N–H and O–H groups in total. The van der Waals surface area contributed by atoms with E-state index in [1.165, 1.54) is 17.2 Å². The number of hydrogen-bond donors (Lipinski definition) is 1. The fourth-order valence-electron chi connectivity index (χ4n) is 4.73. The Kier molecular flexibility index (Phi) is 7.45. The molecule has 2 heterocycles. The topological polar surface area (TPSA) is 92.3 Å². The second-order valence-electron chi connectivity index (χ2n) is 8.98. The number of amides is 2. The third-order valence-corrected chi connectivity index (χ3v) is 6.69. The average molecular weight is 509 g/mol. The summed E-state index contributed by atoms with van der Waals surface area (Å²) in [7, 11) is 1.61. The van der Waals surface area contributed by atoms with Crippen molar-refractivity contribution in [3.05, 3.63) is 76.3 Å². The Morgan fingerprint density at radius 2 is 1.89 bits per heavy atom. The fraction of sp³-hybridized carbons (Fsp3) is 0.296. The summed E-state index contributed by atoms with van der Waals surface area (Å²) in [5, 5.41) is 2.99. The first-order valence-corrected chi connectivity index (χ1v) is 12.0. The van der Waals surface area contributed by atoms with Gasteiger partial charge in [-0.05, 0) is 67.3 Å². The maximum Gasteiger partial charge on any atom is 0.322 e. The van der Waals surface area contributed by atoms with Gasteiger partial charge < -0.3 is 5.32 Å². The summed E-state index contributed by atoms with van der Waals surface area (Å²) in [5.74, 6) is -1.67. The number of aryl methyl sites for hydroxylation is 2. The predicted octanol–water partition coefficient (Wildman–Crippen LogP) is 5.03. The van der Waals surface area contributed by atoms with Crippen LogP contribution >= 0.6 is 11.6 Å². The van der Waals surface area contributed by atoms with E-state index in [2.05, 4.69) is 15.3 Å². The number of pyridine rings is 2. The molecule has 4 rings (SSSR count). The van der Waals surface area contributed by atoms with Crippen molar-refractivity contribution in [1.82, 2.24) is 15.3 Å². The van der Waals surface area contributed by atoms with Gasteiger partial charge in [-0.25, -0.2) is 14.2 Å². The third kappa shape index (κ3) is 5.14. The van der Waals surface area contributed by atoms with Crippen molar-refractivity contribution in [3.8, 4) is 11.3 Å². The van der Waals surface area contributed by atoms with Crippen molar-refractivity contribution < 1.29 is 18.8 Å². The number of aromatic nitrogens is 2. The standard InChI is InChI=1S/C27H26ClFN4O3/c1-15-10-18(25-20(29)13-19(28)14-32-25)11-16(2)23(15)24-21(34)12-17(26(24)35)7-9-31-27(36)33(3)22-6-4-5-8-30-22/h4-6,8,10-11,13-14,17,24H,7,9,12H2,1-3H3,(H,31,36). The molecule has 0 aliphatic heterocycles. The molecule has 1 aromatic carbocycles. The number of ketones is 2. The molecule has 1 aliphatic rings. The minimum atomic E-state index is -0.862. The van der Waals surface area contributed by atoms with E-state index >= 15 is 0 Å². The van der Waals surface area contributed by atoms with Crippen LogP contribution in [0.1, 0.15) is 35.4 Å². The molecule has 7 nitrogen and oxygen atoms in total. The molecule has 1 aliphatic carbocycles. The molecule has 0 spiro atoms. The van der Waals surface area contributed by atoms with E-state index in [1.54, 1.807) is 57.4 Å². The summed E-state index contributed by atoms with van der Waals surface area (Å²) in [6, 6.07) is 9.60. The summed E-state index contributed by atoms with van der Waals surface area (Å²) in [4.78, 5) is 48.2. The molecular formula is C27H26ClFN4O3. The van der Waals surface area contributed by atoms with Gasteiger partial charge in [-0.15, -0.1) is 0 Å². The fourth-order valence-corrected chi connectivity index (χ4v) is 4.87. The zero-order valence-corrected chi connectivity index (χ0v) is 21.0. The number of nitrogens with zero attached hydrogens (tertiary/aromatic N) is 3. The van der Waals surface area contributed by atoms with Gasteiger partial charge in [-0.1, -0.05) is 17.7 Å². The van der Waals surface area contributed by atoms with Crippen molar-refractivity contribution in [2.75, 3.05) is 18.5 Å². The largest absolute Gasteiger partial charge is 0.338 e. The van der Waals surface area contributed by atoms with Gasteiger partial charge in [0.15, 0.2) is 11.6 Å². The molecular weight excluding hydrogens is 483 g/mol. The van der Waals surface area contributed by atoms with Crippen molar-refractivity contribution in [3.63, 3.8) is 0 Å². The van der Waals surface area contributed by atoms with Crippen LogP contribution in [-0.4, -0.2) is 41.2 Å². The number of nitrogens with one attached hydrogen (secondary N) is 1. The summed E-state index contributed by atoms with van der Waals surface area (Å²) >= 11 is 5.82. The van der Waals surface area contributed by atoms with Crippen molar-refractivity contribution in [2.45, 2.75) is 32.6 Å². The zero-order valence-electron chi connectivity index (χ0n) is 20.2. The second-order valence-corrected chi connectivity index (χ2v) is 9.41. The quantitative estimate of drug-likeness (QED) is 0.471. The highest BCUT2D eigenvalue weighted by molar-refractivity contribution is 6.30. The van der Waals surface area contributed by atoms with Crippen LogP contribution in [0, 0.1) is 25.6 Å². The maximum atomic E-state index is 14.4. The van der Waals surface area contributed by atoms with Gasteiger partial charge in [0.05, 0.1) is 5.02 Å². The first kappa shape index (κ1) is 25.4. The molecule has 3 aromatic rings. The monoisotopic (exact) mass is 508 g/mol. The third-order valence-electron chi connectivity index (χ3n) is 6.49. The van der Waals surface area contributed by atoms with Crippen molar-refractivity contribution in [1.29, 1.82) is 0 Å². The lowest BCUT2D eigenvalue weighted by Gasteiger charge is -2.18. The SMILES string of the molecule is Cc1cc(-c2ncc(Cl)cc2F)cc(C)c1C1C(=O)CC(CCNC(=O)N(C)c2ccccn2)C1=O. The highest BCUT2D eigenvalue weighted by atomic mass is 35.5. The lowest BCUT2D eigenvalue weighted by atomic mass is 9.85. The Labute approximate surface area is 213 Å². The summed E-state index contributed by atoms with van der Waals surface area (Å²) in [5.41, 5.74) is 2.81. The van der Waals surface area contributed by atoms with E-state index in [9.17, 15) is 18.8 Å². The number of anilines is 1. The lowest BCUT2D eigenvalue weighted by Crippen LogP contribution is -2.38.